The Labute approximate surface area is 140 Å². The molecule has 7 nitrogen and oxygen atoms in total. The molecule has 1 fully saturated rings. The second kappa shape index (κ2) is 5.29. The van der Waals surface area contributed by atoms with E-state index in [-0.39, 0.29) is 11.9 Å². The molecule has 2 aromatic rings. The van der Waals surface area contributed by atoms with Crippen LogP contribution in [0.5, 0.6) is 0 Å². The standard InChI is InChI=1S/C17H21N5O2/c1-9(2)10(3)19-17(23)15-13-7-11-6-12(11)16(13)22(20-15)14-8-21(24)5-4-18-14/h4-5,8-12H,6-7H2,1-3H3,(H,19,23)/t10-,11+,12+/m1/s1. The van der Waals surface area contributed by atoms with Crippen LogP contribution in [-0.4, -0.2) is 26.7 Å². The topological polar surface area (TPSA) is 86.8 Å². The average Bonchev–Trinajstić information content (AvgIpc) is 3.03. The number of amides is 1. The molecule has 0 radical (unpaired) electrons. The average molecular weight is 327 g/mol. The second-order valence-electron chi connectivity index (χ2n) is 7.21. The summed E-state index contributed by atoms with van der Waals surface area (Å²) < 4.78 is 2.40. The van der Waals surface area contributed by atoms with Gasteiger partial charge in [-0.05, 0) is 31.6 Å². The fourth-order valence-electron chi connectivity index (χ4n) is 3.39. The Morgan fingerprint density at radius 1 is 1.46 bits per heavy atom. The molecule has 1 amide bonds. The van der Waals surface area contributed by atoms with Crippen molar-refractivity contribution in [2.75, 3.05) is 0 Å². The number of nitrogens with zero attached hydrogens (tertiary/aromatic N) is 4. The van der Waals surface area contributed by atoms with Crippen LogP contribution in [0.3, 0.4) is 0 Å². The highest BCUT2D eigenvalue weighted by Crippen LogP contribution is 2.57. The van der Waals surface area contributed by atoms with Crippen LogP contribution in [0.1, 0.15) is 54.9 Å². The fourth-order valence-corrected chi connectivity index (χ4v) is 3.39. The van der Waals surface area contributed by atoms with Crippen molar-refractivity contribution in [2.45, 2.75) is 45.6 Å². The van der Waals surface area contributed by atoms with Crippen molar-refractivity contribution in [2.24, 2.45) is 11.8 Å². The van der Waals surface area contributed by atoms with Gasteiger partial charge in [0.1, 0.15) is 0 Å². The molecule has 0 bridgehead atoms. The maximum Gasteiger partial charge on any atom is 0.272 e. The molecule has 2 aromatic heterocycles. The molecule has 3 atom stereocenters. The van der Waals surface area contributed by atoms with Gasteiger partial charge in [-0.2, -0.15) is 9.83 Å². The van der Waals surface area contributed by atoms with E-state index in [4.69, 9.17) is 0 Å². The van der Waals surface area contributed by atoms with Gasteiger partial charge in [0.25, 0.3) is 5.91 Å². The van der Waals surface area contributed by atoms with Gasteiger partial charge in [-0.25, -0.2) is 9.67 Å². The number of fused-ring (bicyclic) bond motifs is 3. The summed E-state index contributed by atoms with van der Waals surface area (Å²) in [5, 5.41) is 19.1. The first kappa shape index (κ1) is 15.1. The lowest BCUT2D eigenvalue weighted by atomic mass is 10.1. The van der Waals surface area contributed by atoms with Gasteiger partial charge in [0.05, 0.1) is 11.9 Å². The molecule has 7 heteroatoms. The van der Waals surface area contributed by atoms with Gasteiger partial charge in [0.2, 0.25) is 12.0 Å². The number of nitrogens with one attached hydrogen (secondary N) is 1. The van der Waals surface area contributed by atoms with Crippen LogP contribution in [0.2, 0.25) is 0 Å². The minimum Gasteiger partial charge on any atom is -0.619 e. The molecule has 2 aliphatic rings. The smallest absolute Gasteiger partial charge is 0.272 e. The number of aromatic nitrogens is 4. The van der Waals surface area contributed by atoms with Crippen molar-refractivity contribution in [3.05, 3.63) is 40.7 Å². The normalized spacial score (nSPS) is 22.2. The Kier molecular flexibility index (Phi) is 3.33. The summed E-state index contributed by atoms with van der Waals surface area (Å²) in [6, 6.07) is 0.0767. The summed E-state index contributed by atoms with van der Waals surface area (Å²) in [4.78, 5) is 16.9. The number of carbonyl (C=O) groups excluding carboxylic acids is 1. The molecule has 0 unspecified atom stereocenters. The van der Waals surface area contributed by atoms with Crippen molar-refractivity contribution in [1.29, 1.82) is 0 Å². The predicted octanol–water partition coefficient (Wildman–Crippen LogP) is 1.33. The molecule has 1 saturated carbocycles. The molecule has 24 heavy (non-hydrogen) atoms. The number of hydrogen-bond acceptors (Lipinski definition) is 4. The number of hydrogen-bond donors (Lipinski definition) is 1. The van der Waals surface area contributed by atoms with Crippen molar-refractivity contribution >= 4 is 5.91 Å². The second-order valence-corrected chi connectivity index (χ2v) is 7.21. The lowest BCUT2D eigenvalue weighted by Gasteiger charge is -2.16. The van der Waals surface area contributed by atoms with Gasteiger partial charge < -0.3 is 10.5 Å². The molecule has 2 heterocycles. The Morgan fingerprint density at radius 3 is 2.96 bits per heavy atom. The largest absolute Gasteiger partial charge is 0.619 e. The molecule has 0 spiro atoms. The van der Waals surface area contributed by atoms with Gasteiger partial charge in [0.15, 0.2) is 11.9 Å². The third-order valence-electron chi connectivity index (χ3n) is 5.22. The van der Waals surface area contributed by atoms with E-state index in [0.29, 0.717) is 34.0 Å². The third-order valence-corrected chi connectivity index (χ3v) is 5.22. The molecule has 4 rings (SSSR count). The first-order valence-corrected chi connectivity index (χ1v) is 8.43. The van der Waals surface area contributed by atoms with E-state index in [1.54, 1.807) is 4.68 Å². The van der Waals surface area contributed by atoms with Crippen LogP contribution in [0.15, 0.2) is 18.6 Å². The first-order chi connectivity index (χ1) is 11.5. The molecule has 1 N–H and O–H groups in total. The zero-order valence-corrected chi connectivity index (χ0v) is 14.1. The Bertz CT molecular complexity index is 813. The Hall–Kier alpha value is -2.44. The van der Waals surface area contributed by atoms with Crippen molar-refractivity contribution < 1.29 is 9.52 Å². The maximum absolute atomic E-state index is 12.7. The van der Waals surface area contributed by atoms with Gasteiger partial charge in [-0.1, -0.05) is 13.8 Å². The van der Waals surface area contributed by atoms with E-state index in [1.165, 1.54) is 18.6 Å². The van der Waals surface area contributed by atoms with E-state index in [2.05, 4.69) is 29.2 Å². The van der Waals surface area contributed by atoms with E-state index in [1.807, 2.05) is 6.92 Å². The fraction of sp³-hybridized carbons (Fsp3) is 0.529. The van der Waals surface area contributed by atoms with Crippen LogP contribution in [-0.2, 0) is 6.42 Å². The molecule has 0 saturated heterocycles. The van der Waals surface area contributed by atoms with Gasteiger partial charge in [-0.3, -0.25) is 4.79 Å². The first-order valence-electron chi connectivity index (χ1n) is 8.43. The highest BCUT2D eigenvalue weighted by Gasteiger charge is 2.50. The molecule has 0 aromatic carbocycles. The summed E-state index contributed by atoms with van der Waals surface area (Å²) in [6.07, 6.45) is 6.21. The van der Waals surface area contributed by atoms with E-state index >= 15 is 0 Å². The summed E-state index contributed by atoms with van der Waals surface area (Å²) in [5.74, 6) is 1.73. The van der Waals surface area contributed by atoms with E-state index < -0.39 is 0 Å². The van der Waals surface area contributed by atoms with Crippen molar-refractivity contribution in [1.82, 2.24) is 20.1 Å². The van der Waals surface area contributed by atoms with Gasteiger partial charge in [0, 0.05) is 17.5 Å². The van der Waals surface area contributed by atoms with Crippen LogP contribution >= 0.6 is 0 Å². The monoisotopic (exact) mass is 327 g/mol. The summed E-state index contributed by atoms with van der Waals surface area (Å²) >= 11 is 0. The van der Waals surface area contributed by atoms with Gasteiger partial charge >= 0.3 is 0 Å². The van der Waals surface area contributed by atoms with Crippen molar-refractivity contribution in [3.8, 4) is 5.82 Å². The maximum atomic E-state index is 12.7. The lowest BCUT2D eigenvalue weighted by molar-refractivity contribution is -0.605. The molecule has 126 valence electrons. The minimum atomic E-state index is -0.140. The quantitative estimate of drug-likeness (QED) is 0.678. The Balaban J connectivity index is 1.74. The molecular formula is C17H21N5O2. The minimum absolute atomic E-state index is 0.0767. The molecule has 0 aliphatic heterocycles. The van der Waals surface area contributed by atoms with Crippen LogP contribution in [0.4, 0.5) is 0 Å². The summed E-state index contributed by atoms with van der Waals surface area (Å²) in [6.45, 7) is 6.14. The lowest BCUT2D eigenvalue weighted by Crippen LogP contribution is -2.36. The third kappa shape index (κ3) is 2.35. The van der Waals surface area contributed by atoms with Crippen LogP contribution < -0.4 is 10.0 Å². The number of carbonyl (C=O) groups is 1. The summed E-state index contributed by atoms with van der Waals surface area (Å²) in [7, 11) is 0. The highest BCUT2D eigenvalue weighted by atomic mass is 16.5. The van der Waals surface area contributed by atoms with E-state index in [0.717, 1.165) is 24.1 Å². The van der Waals surface area contributed by atoms with Crippen LogP contribution in [0, 0.1) is 17.0 Å². The van der Waals surface area contributed by atoms with E-state index in [9.17, 15) is 10.0 Å². The molecular weight excluding hydrogens is 306 g/mol. The Morgan fingerprint density at radius 2 is 2.25 bits per heavy atom. The zero-order chi connectivity index (χ0) is 17.0. The van der Waals surface area contributed by atoms with Crippen molar-refractivity contribution in [3.63, 3.8) is 0 Å². The summed E-state index contributed by atoms with van der Waals surface area (Å²) in [5.41, 5.74) is 2.56. The SMILES string of the molecule is CC(C)[C@@H](C)NC(=O)c1nn(-c2c[n+]([O-])ccn2)c2c1C[C@@H]1C[C@H]21. The van der Waals surface area contributed by atoms with Crippen LogP contribution in [0.25, 0.3) is 5.82 Å². The number of rotatable bonds is 4. The zero-order valence-electron chi connectivity index (χ0n) is 14.1. The molecule has 2 aliphatic carbocycles. The van der Waals surface area contributed by atoms with Gasteiger partial charge in [-0.15, -0.1) is 0 Å². The predicted molar refractivity (Wildman–Crippen MR) is 86.6 cm³/mol. The highest BCUT2D eigenvalue weighted by molar-refractivity contribution is 5.94.